The molecule has 21 heavy (non-hydrogen) atoms. The average Bonchev–Trinajstić information content (AvgIpc) is 2.40. The van der Waals surface area contributed by atoms with E-state index >= 15 is 0 Å². The Morgan fingerprint density at radius 1 is 1.29 bits per heavy atom. The molecule has 0 saturated heterocycles. The van der Waals surface area contributed by atoms with E-state index < -0.39 is 5.82 Å². The summed E-state index contributed by atoms with van der Waals surface area (Å²) in [6.07, 6.45) is 0. The lowest BCUT2D eigenvalue weighted by atomic mass is 9.84. The Kier molecular flexibility index (Phi) is 4.54. The monoisotopic (exact) mass is 414 g/mol. The number of rotatable bonds is 1. The molecule has 0 radical (unpaired) electrons. The van der Waals surface area contributed by atoms with Gasteiger partial charge in [0.2, 0.25) is 0 Å². The van der Waals surface area contributed by atoms with E-state index in [0.717, 1.165) is 5.56 Å². The van der Waals surface area contributed by atoms with Crippen LogP contribution in [0.4, 0.5) is 4.39 Å². The molecule has 108 valence electrons. The predicted molar refractivity (Wildman–Crippen MR) is 90.8 cm³/mol. The minimum atomic E-state index is -0.479. The van der Waals surface area contributed by atoms with Crippen molar-refractivity contribution in [1.82, 2.24) is 4.98 Å². The standard InChI is InChI=1S/C16H13ClFIN2/c1-16(2,3)11-7-14(21-15(19)10(11)8-20)9-4-5-12(17)13(18)6-9/h4-7H,1-3H3. The van der Waals surface area contributed by atoms with Gasteiger partial charge in [-0.05, 0) is 51.8 Å². The summed E-state index contributed by atoms with van der Waals surface area (Å²) >= 11 is 7.75. The fraction of sp³-hybridized carbons (Fsp3) is 0.250. The third kappa shape index (κ3) is 3.35. The van der Waals surface area contributed by atoms with Gasteiger partial charge in [0.15, 0.2) is 0 Å². The Bertz CT molecular complexity index is 745. The number of hydrogen-bond acceptors (Lipinski definition) is 2. The maximum atomic E-state index is 13.6. The van der Waals surface area contributed by atoms with Gasteiger partial charge in [-0.2, -0.15) is 5.26 Å². The molecule has 2 nitrogen and oxygen atoms in total. The molecular formula is C16H13ClFIN2. The van der Waals surface area contributed by atoms with E-state index in [1.807, 2.05) is 49.4 Å². The number of nitriles is 1. The van der Waals surface area contributed by atoms with Crippen molar-refractivity contribution < 1.29 is 4.39 Å². The first-order valence-electron chi connectivity index (χ1n) is 6.30. The van der Waals surface area contributed by atoms with E-state index in [4.69, 9.17) is 11.6 Å². The summed E-state index contributed by atoms with van der Waals surface area (Å²) in [6, 6.07) is 8.65. The van der Waals surface area contributed by atoms with Crippen molar-refractivity contribution in [2.45, 2.75) is 26.2 Å². The molecule has 0 bridgehead atoms. The number of halogens is 3. The van der Waals surface area contributed by atoms with Gasteiger partial charge in [0, 0.05) is 5.56 Å². The first-order valence-corrected chi connectivity index (χ1v) is 7.76. The van der Waals surface area contributed by atoms with Gasteiger partial charge in [-0.3, -0.25) is 0 Å². The van der Waals surface area contributed by atoms with Crippen LogP contribution in [0.2, 0.25) is 5.02 Å². The molecule has 2 aromatic rings. The summed E-state index contributed by atoms with van der Waals surface area (Å²) in [7, 11) is 0. The van der Waals surface area contributed by atoms with Gasteiger partial charge < -0.3 is 0 Å². The van der Waals surface area contributed by atoms with E-state index in [1.54, 1.807) is 6.07 Å². The van der Waals surface area contributed by atoms with Crippen molar-refractivity contribution in [2.24, 2.45) is 0 Å². The van der Waals surface area contributed by atoms with Crippen LogP contribution in [0.25, 0.3) is 11.3 Å². The van der Waals surface area contributed by atoms with Crippen LogP contribution >= 0.6 is 34.2 Å². The van der Waals surface area contributed by atoms with Crippen molar-refractivity contribution in [3.05, 3.63) is 49.9 Å². The second-order valence-electron chi connectivity index (χ2n) is 5.71. The van der Waals surface area contributed by atoms with Crippen molar-refractivity contribution in [3.8, 4) is 17.3 Å². The Balaban J connectivity index is 2.69. The van der Waals surface area contributed by atoms with Crippen LogP contribution in [-0.2, 0) is 5.41 Å². The second-order valence-corrected chi connectivity index (χ2v) is 7.14. The molecule has 1 heterocycles. The summed E-state index contributed by atoms with van der Waals surface area (Å²) in [5, 5.41) is 9.41. The van der Waals surface area contributed by atoms with E-state index in [-0.39, 0.29) is 10.4 Å². The highest BCUT2D eigenvalue weighted by Crippen LogP contribution is 2.32. The van der Waals surface area contributed by atoms with Gasteiger partial charge in [0.1, 0.15) is 15.6 Å². The molecule has 0 saturated carbocycles. The number of benzene rings is 1. The largest absolute Gasteiger partial charge is 0.240 e. The highest BCUT2D eigenvalue weighted by molar-refractivity contribution is 14.1. The van der Waals surface area contributed by atoms with Crippen LogP contribution in [0.15, 0.2) is 24.3 Å². The number of pyridine rings is 1. The Labute approximate surface area is 142 Å². The molecule has 0 aliphatic carbocycles. The number of hydrogen-bond donors (Lipinski definition) is 0. The highest BCUT2D eigenvalue weighted by Gasteiger charge is 2.22. The fourth-order valence-corrected chi connectivity index (χ4v) is 2.80. The number of nitrogens with zero attached hydrogens (tertiary/aromatic N) is 2. The van der Waals surface area contributed by atoms with Gasteiger partial charge in [-0.1, -0.05) is 38.4 Å². The van der Waals surface area contributed by atoms with Gasteiger partial charge in [0.25, 0.3) is 0 Å². The first kappa shape index (κ1) is 16.2. The van der Waals surface area contributed by atoms with Crippen LogP contribution in [0, 0.1) is 20.8 Å². The highest BCUT2D eigenvalue weighted by atomic mass is 127. The van der Waals surface area contributed by atoms with E-state index in [2.05, 4.69) is 11.1 Å². The molecule has 0 aliphatic heterocycles. The molecule has 5 heteroatoms. The Morgan fingerprint density at radius 3 is 2.48 bits per heavy atom. The molecule has 0 fully saturated rings. The average molecular weight is 415 g/mol. The quantitative estimate of drug-likeness (QED) is 0.468. The molecule has 1 aromatic carbocycles. The molecular weight excluding hydrogens is 402 g/mol. The maximum absolute atomic E-state index is 13.6. The molecule has 0 spiro atoms. The lowest BCUT2D eigenvalue weighted by molar-refractivity contribution is 0.587. The van der Waals surface area contributed by atoms with Crippen LogP contribution in [0.5, 0.6) is 0 Å². The first-order chi connectivity index (χ1) is 9.74. The molecule has 2 rings (SSSR count). The van der Waals surface area contributed by atoms with Crippen LogP contribution in [0.1, 0.15) is 31.9 Å². The zero-order chi connectivity index (χ0) is 15.8. The minimum Gasteiger partial charge on any atom is -0.240 e. The number of aromatic nitrogens is 1. The molecule has 1 aromatic heterocycles. The third-order valence-corrected chi connectivity index (χ3v) is 4.20. The van der Waals surface area contributed by atoms with Crippen LogP contribution in [-0.4, -0.2) is 4.98 Å². The van der Waals surface area contributed by atoms with Gasteiger partial charge in [-0.25, -0.2) is 9.37 Å². The Hall–Kier alpha value is -1.19. The summed E-state index contributed by atoms with van der Waals surface area (Å²) in [4.78, 5) is 4.41. The molecule has 0 N–H and O–H groups in total. The summed E-state index contributed by atoms with van der Waals surface area (Å²) in [5.41, 5.74) is 2.55. The van der Waals surface area contributed by atoms with Crippen LogP contribution < -0.4 is 0 Å². The van der Waals surface area contributed by atoms with Crippen molar-refractivity contribution >= 4 is 34.2 Å². The minimum absolute atomic E-state index is 0.0816. The van der Waals surface area contributed by atoms with E-state index in [1.165, 1.54) is 12.1 Å². The second kappa shape index (κ2) is 5.90. The molecule has 0 aliphatic rings. The lowest BCUT2D eigenvalue weighted by Gasteiger charge is -2.22. The van der Waals surface area contributed by atoms with Crippen LogP contribution in [0.3, 0.4) is 0 Å². The van der Waals surface area contributed by atoms with Crippen molar-refractivity contribution in [2.75, 3.05) is 0 Å². The molecule has 0 amide bonds. The maximum Gasteiger partial charge on any atom is 0.142 e. The van der Waals surface area contributed by atoms with Crippen molar-refractivity contribution in [1.29, 1.82) is 5.26 Å². The smallest absolute Gasteiger partial charge is 0.142 e. The third-order valence-electron chi connectivity index (χ3n) is 3.11. The SMILES string of the molecule is CC(C)(C)c1cc(-c2ccc(Cl)c(F)c2)nc(I)c1C#N. The van der Waals surface area contributed by atoms with E-state index in [0.29, 0.717) is 20.5 Å². The van der Waals surface area contributed by atoms with Gasteiger partial charge in [0.05, 0.1) is 16.3 Å². The van der Waals surface area contributed by atoms with Gasteiger partial charge >= 0.3 is 0 Å². The predicted octanol–water partition coefficient (Wildman–Crippen LogP) is 5.31. The normalized spacial score (nSPS) is 11.3. The topological polar surface area (TPSA) is 36.7 Å². The lowest BCUT2D eigenvalue weighted by Crippen LogP contribution is -2.15. The van der Waals surface area contributed by atoms with Gasteiger partial charge in [-0.15, -0.1) is 0 Å². The summed E-state index contributed by atoms with van der Waals surface area (Å²) < 4.78 is 14.2. The Morgan fingerprint density at radius 2 is 1.95 bits per heavy atom. The van der Waals surface area contributed by atoms with E-state index in [9.17, 15) is 9.65 Å². The zero-order valence-electron chi connectivity index (χ0n) is 11.8. The summed E-state index contributed by atoms with van der Waals surface area (Å²) in [6.45, 7) is 6.10. The zero-order valence-corrected chi connectivity index (χ0v) is 14.8. The molecule has 0 unspecified atom stereocenters. The molecule has 0 atom stereocenters. The fourth-order valence-electron chi connectivity index (χ4n) is 2.02. The van der Waals surface area contributed by atoms with Crippen molar-refractivity contribution in [3.63, 3.8) is 0 Å². The summed E-state index contributed by atoms with van der Waals surface area (Å²) in [5.74, 6) is -0.479.